The number of nitrogens with zero attached hydrogens (tertiary/aromatic N) is 10. The minimum atomic E-state index is 0. The molecule has 0 saturated heterocycles. The number of hydrogen-bond donors (Lipinski definition) is 0. The van der Waals surface area contributed by atoms with E-state index in [2.05, 4.69) is 64.8 Å². The molecule has 0 atom stereocenters. The molecule has 45 heavy (non-hydrogen) atoms. The molecule has 10 N–H and O–H groups in total. The molecule has 0 aliphatic heterocycles. The summed E-state index contributed by atoms with van der Waals surface area (Å²) < 4.78 is 0. The van der Waals surface area contributed by atoms with Crippen LogP contribution >= 0.6 is 47.1 Å². The molecule has 0 aromatic carbocycles. The smallest absolute Gasteiger partial charge is 0.753 e. The monoisotopic (exact) mass is 733 g/mol. The van der Waals surface area contributed by atoms with Gasteiger partial charge in [0.15, 0.2) is 0 Å². The van der Waals surface area contributed by atoms with E-state index in [4.69, 9.17) is 10.8 Å². The van der Waals surface area contributed by atoms with Gasteiger partial charge in [-0.3, -0.25) is 19.9 Å². The third kappa shape index (κ3) is 14.8. The first-order valence-corrected chi connectivity index (χ1v) is 13.5. The fraction of sp³-hybridized carbons (Fsp3) is 0. The Morgan fingerprint density at radius 2 is 0.600 bits per heavy atom. The predicted molar refractivity (Wildman–Crippen MR) is 182 cm³/mol. The second-order valence-corrected chi connectivity index (χ2v) is 9.27. The van der Waals surface area contributed by atoms with E-state index in [0.29, 0.717) is 0 Å². The Morgan fingerprint density at radius 1 is 0.444 bits per heavy atom. The van der Waals surface area contributed by atoms with E-state index in [1.165, 1.54) is 10.3 Å². The van der Waals surface area contributed by atoms with Gasteiger partial charge >= 0.3 is 17.1 Å². The topological polar surface area (TPSA) is 277 Å². The van der Waals surface area contributed by atoms with E-state index in [1.54, 1.807) is 72.2 Å². The molecule has 6 aromatic rings. The van der Waals surface area contributed by atoms with Gasteiger partial charge in [-0.15, -0.1) is 20.4 Å². The Labute approximate surface area is 286 Å². The normalized spacial score (nSPS) is 8.18. The van der Waals surface area contributed by atoms with Crippen molar-refractivity contribution < 1.29 is 39.0 Å². The summed E-state index contributed by atoms with van der Waals surface area (Å²) in [5, 5.41) is 37.3. The van der Waals surface area contributed by atoms with E-state index in [0.717, 1.165) is 42.3 Å². The average Bonchev–Trinajstić information content (AvgIpc) is 3.72. The van der Waals surface area contributed by atoms with Crippen molar-refractivity contribution in [1.82, 2.24) is 40.3 Å². The first kappa shape index (κ1) is 45.1. The van der Waals surface area contributed by atoms with Crippen molar-refractivity contribution in [3.05, 3.63) is 109 Å². The van der Waals surface area contributed by atoms with Gasteiger partial charge in [0.25, 0.3) is 0 Å². The van der Waals surface area contributed by atoms with Crippen LogP contribution in [0.1, 0.15) is 0 Å². The van der Waals surface area contributed by atoms with Crippen LogP contribution in [0.2, 0.25) is 0 Å². The Balaban J connectivity index is -0.000000610. The summed E-state index contributed by atoms with van der Waals surface area (Å²) in [6.07, 6.45) is 14.0. The summed E-state index contributed by atoms with van der Waals surface area (Å²) in [5.41, 5.74) is 4.16. The summed E-state index contributed by atoms with van der Waals surface area (Å²) in [6.45, 7) is 0. The van der Waals surface area contributed by atoms with Crippen molar-refractivity contribution in [2.45, 2.75) is 0 Å². The minimum Gasteiger partial charge on any atom is -0.753 e. The van der Waals surface area contributed by atoms with Crippen LogP contribution in [0.15, 0.2) is 98.1 Å². The molecule has 0 aliphatic rings. The van der Waals surface area contributed by atoms with Crippen LogP contribution in [0.4, 0.5) is 0 Å². The van der Waals surface area contributed by atoms with Gasteiger partial charge in [-0.05, 0) is 48.5 Å². The van der Waals surface area contributed by atoms with Crippen molar-refractivity contribution in [1.29, 1.82) is 0 Å². The van der Waals surface area contributed by atoms with Gasteiger partial charge < -0.3 is 32.7 Å². The summed E-state index contributed by atoms with van der Waals surface area (Å²) >= 11 is 10.5. The zero-order valence-electron chi connectivity index (χ0n) is 22.8. The molecule has 0 aliphatic carbocycles. The molecule has 6 heterocycles. The maximum absolute atomic E-state index is 7.13. The van der Waals surface area contributed by atoms with E-state index < -0.39 is 0 Å². The average molecular weight is 734 g/mol. The summed E-state index contributed by atoms with van der Waals surface area (Å²) in [4.78, 5) is 15.9. The van der Waals surface area contributed by atoms with Crippen molar-refractivity contribution in [2.75, 3.05) is 0 Å². The molecule has 237 valence electrons. The first-order chi connectivity index (χ1) is 19.7. The largest absolute Gasteiger partial charge is 2.00 e. The molecule has 0 spiro atoms. The number of isothiocyanates is 2. The van der Waals surface area contributed by atoms with Gasteiger partial charge in [-0.2, -0.15) is 10.3 Å². The molecule has 0 bridgehead atoms. The molecule has 19 heteroatoms. The van der Waals surface area contributed by atoms with Crippen LogP contribution < -0.4 is 0 Å². The maximum atomic E-state index is 7.13. The summed E-state index contributed by atoms with van der Waals surface area (Å²) in [5.74, 6) is 0. The fourth-order valence-electron chi connectivity index (χ4n) is 2.89. The van der Waals surface area contributed by atoms with Gasteiger partial charge in [0.1, 0.15) is 20.0 Å². The Hall–Kier alpha value is -4.32. The van der Waals surface area contributed by atoms with Crippen LogP contribution in [0, 0.1) is 0 Å². The molecule has 0 unspecified atom stereocenters. The molecule has 0 amide bonds. The number of rotatable bonds is 4. The molecule has 6 rings (SSSR count). The van der Waals surface area contributed by atoms with Gasteiger partial charge in [0, 0.05) is 71.8 Å². The second-order valence-electron chi connectivity index (χ2n) is 6.95. The van der Waals surface area contributed by atoms with Crippen LogP contribution in [-0.2, 0) is 28.0 Å². The van der Waals surface area contributed by atoms with Crippen molar-refractivity contribution >= 4 is 57.4 Å². The maximum Gasteiger partial charge on any atom is 2.00 e. The Kier molecular flexibility index (Phi) is 26.2. The second kappa shape index (κ2) is 26.1. The zero-order chi connectivity index (χ0) is 28.4. The number of thiocarbonyl (C=S) groups is 2. The van der Waals surface area contributed by atoms with Crippen LogP contribution in [0.5, 0.6) is 0 Å². The van der Waals surface area contributed by atoms with Crippen molar-refractivity contribution in [3.8, 4) is 42.3 Å². The van der Waals surface area contributed by atoms with Crippen molar-refractivity contribution in [2.24, 2.45) is 0 Å². The Bertz CT molecular complexity index is 1430. The van der Waals surface area contributed by atoms with Gasteiger partial charge in [-0.25, -0.2) is 0 Å². The van der Waals surface area contributed by atoms with Crippen LogP contribution in [0.3, 0.4) is 0 Å². The summed E-state index contributed by atoms with van der Waals surface area (Å²) in [6, 6.07) is 15.4. The van der Waals surface area contributed by atoms with Gasteiger partial charge in [0.05, 0.1) is 0 Å². The first-order valence-electron chi connectivity index (χ1n) is 11.0. The summed E-state index contributed by atoms with van der Waals surface area (Å²) in [7, 11) is 0. The van der Waals surface area contributed by atoms with Gasteiger partial charge in [0.2, 0.25) is 0 Å². The zero-order valence-corrected chi connectivity index (χ0v) is 27.0. The third-order valence-electron chi connectivity index (χ3n) is 4.56. The van der Waals surface area contributed by atoms with E-state index in [1.807, 2.05) is 48.5 Å². The third-order valence-corrected chi connectivity index (χ3v) is 6.60. The van der Waals surface area contributed by atoms with Crippen molar-refractivity contribution in [3.63, 3.8) is 0 Å². The Morgan fingerprint density at radius 3 is 0.756 bits per heavy atom. The fourth-order valence-corrected chi connectivity index (χ4v) is 4.60. The number of pyridine rings is 4. The minimum absolute atomic E-state index is 0. The molecule has 14 nitrogen and oxygen atoms in total. The molecule has 0 fully saturated rings. The molecular formula is C26H26CuN10O4S4+2. The van der Waals surface area contributed by atoms with E-state index in [-0.39, 0.29) is 39.0 Å². The van der Waals surface area contributed by atoms with E-state index >= 15 is 0 Å². The van der Waals surface area contributed by atoms with E-state index in [9.17, 15) is 0 Å². The molecule has 1 radical (unpaired) electrons. The predicted octanol–water partition coefficient (Wildman–Crippen LogP) is 3.15. The molecule has 6 aromatic heterocycles. The number of hydrogen-bond acceptors (Lipinski definition) is 12. The molecular weight excluding hydrogens is 708 g/mol. The standard InChI is InChI=1S/2C12H8N4S.2CNS.Cu.4H2O/c2*1-5-13-6-2-9(1)11-15-16-12(17-11)10-3-7-14-8-4-10;2*2-1-3;;;;;/h2*1-8H;;;;4*1H2/q;;2*-1;+2;;;;/p+2. The quantitative estimate of drug-likeness (QED) is 0.110. The molecule has 0 saturated carbocycles. The van der Waals surface area contributed by atoms with Gasteiger partial charge in [-0.1, -0.05) is 47.1 Å². The van der Waals surface area contributed by atoms with Crippen LogP contribution in [-0.4, -0.2) is 61.6 Å². The van der Waals surface area contributed by atoms with Crippen LogP contribution in [0.25, 0.3) is 53.1 Å². The SMILES string of the molecule is O.O.[Cu+2].[N-]=C=S.[N-]=C=S.[OH3+].[OH3+].c1cc(-c2nnc(-c3ccncc3)s2)ccn1.c1cc(-c2nnc(-c3ccncc3)s2)ccn1. The number of aromatic nitrogens is 8.